The van der Waals surface area contributed by atoms with Crippen LogP contribution in [0.15, 0.2) is 6.07 Å². The summed E-state index contributed by atoms with van der Waals surface area (Å²) >= 11 is 6.01. The predicted octanol–water partition coefficient (Wildman–Crippen LogP) is 2.21. The van der Waals surface area contributed by atoms with Crippen molar-refractivity contribution in [2.24, 2.45) is 0 Å². The number of aliphatic hydroxyl groups excluding tert-OH is 1. The third-order valence-electron chi connectivity index (χ3n) is 3.00. The molecule has 1 aromatic heterocycles. The molecule has 0 atom stereocenters. The van der Waals surface area contributed by atoms with Crippen molar-refractivity contribution in [3.63, 3.8) is 0 Å². The van der Waals surface area contributed by atoms with E-state index in [1.165, 1.54) is 0 Å². The van der Waals surface area contributed by atoms with Crippen LogP contribution in [0.5, 0.6) is 0 Å². The molecule has 1 saturated heterocycles. The Balaban J connectivity index is 2.20. The summed E-state index contributed by atoms with van der Waals surface area (Å²) in [7, 11) is 0. The summed E-state index contributed by atoms with van der Waals surface area (Å²) < 4.78 is 0. The van der Waals surface area contributed by atoms with Gasteiger partial charge in [0.25, 0.3) is 0 Å². The van der Waals surface area contributed by atoms with E-state index in [4.69, 9.17) is 11.6 Å². The fourth-order valence-corrected chi connectivity index (χ4v) is 2.12. The summed E-state index contributed by atoms with van der Waals surface area (Å²) in [4.78, 5) is 10.9. The molecular weight excluding hydrogens is 238 g/mol. The fraction of sp³-hybridized carbons (Fsp3) is 0.667. The van der Waals surface area contributed by atoms with E-state index < -0.39 is 0 Å². The number of aromatic nitrogens is 2. The summed E-state index contributed by atoms with van der Waals surface area (Å²) in [6.07, 6.45) is 1.41. The summed E-state index contributed by atoms with van der Waals surface area (Å²) in [6, 6.07) is 1.80. The van der Waals surface area contributed by atoms with Gasteiger partial charge in [-0.15, -0.1) is 0 Å². The molecule has 0 aromatic carbocycles. The van der Waals surface area contributed by atoms with Gasteiger partial charge in [-0.05, 0) is 12.8 Å². The van der Waals surface area contributed by atoms with Crippen LogP contribution < -0.4 is 4.90 Å². The second-order valence-corrected chi connectivity index (χ2v) is 5.17. The molecule has 5 heteroatoms. The van der Waals surface area contributed by atoms with Gasteiger partial charge in [-0.3, -0.25) is 0 Å². The van der Waals surface area contributed by atoms with E-state index in [2.05, 4.69) is 28.7 Å². The van der Waals surface area contributed by atoms with Gasteiger partial charge in [0, 0.05) is 25.1 Å². The summed E-state index contributed by atoms with van der Waals surface area (Å²) in [5.41, 5.74) is 0. The molecule has 0 unspecified atom stereocenters. The zero-order valence-electron chi connectivity index (χ0n) is 10.2. The first-order chi connectivity index (χ1) is 8.06. The van der Waals surface area contributed by atoms with E-state index in [-0.39, 0.29) is 12.0 Å². The zero-order valence-corrected chi connectivity index (χ0v) is 11.0. The smallest absolute Gasteiger partial charge is 0.135 e. The lowest BCUT2D eigenvalue weighted by Crippen LogP contribution is -2.36. The highest BCUT2D eigenvalue weighted by atomic mass is 35.5. The molecule has 0 spiro atoms. The van der Waals surface area contributed by atoms with Crippen molar-refractivity contribution in [3.05, 3.63) is 17.0 Å². The van der Waals surface area contributed by atoms with Gasteiger partial charge in [-0.2, -0.15) is 0 Å². The van der Waals surface area contributed by atoms with Gasteiger partial charge in [0.05, 0.1) is 6.10 Å². The number of halogens is 1. The number of nitrogens with zero attached hydrogens (tertiary/aromatic N) is 3. The molecule has 0 radical (unpaired) electrons. The fourth-order valence-electron chi connectivity index (χ4n) is 1.94. The summed E-state index contributed by atoms with van der Waals surface area (Å²) in [5, 5.41) is 9.98. The van der Waals surface area contributed by atoms with Crippen LogP contribution in [0.4, 0.5) is 5.82 Å². The first-order valence-corrected chi connectivity index (χ1v) is 6.41. The normalized spacial score (nSPS) is 17.8. The highest BCUT2D eigenvalue weighted by Gasteiger charge is 2.19. The van der Waals surface area contributed by atoms with E-state index in [9.17, 15) is 5.11 Å². The maximum absolute atomic E-state index is 9.49. The Morgan fingerprint density at radius 1 is 1.35 bits per heavy atom. The zero-order chi connectivity index (χ0) is 12.4. The van der Waals surface area contributed by atoms with Crippen LogP contribution in [-0.4, -0.2) is 34.3 Å². The number of hydrogen-bond acceptors (Lipinski definition) is 4. The van der Waals surface area contributed by atoms with Crippen molar-refractivity contribution in [2.75, 3.05) is 18.0 Å². The molecule has 1 aromatic rings. The molecule has 94 valence electrons. The minimum absolute atomic E-state index is 0.173. The Hall–Kier alpha value is -0.870. The minimum Gasteiger partial charge on any atom is -0.393 e. The molecule has 0 amide bonds. The Morgan fingerprint density at radius 2 is 2.00 bits per heavy atom. The topological polar surface area (TPSA) is 49.2 Å². The molecule has 0 aliphatic carbocycles. The van der Waals surface area contributed by atoms with Crippen LogP contribution in [0.2, 0.25) is 5.15 Å². The number of piperidine rings is 1. The van der Waals surface area contributed by atoms with Gasteiger partial charge in [-0.1, -0.05) is 25.4 Å². The largest absolute Gasteiger partial charge is 0.393 e. The number of rotatable bonds is 2. The Morgan fingerprint density at radius 3 is 2.59 bits per heavy atom. The van der Waals surface area contributed by atoms with Gasteiger partial charge in [0.1, 0.15) is 16.8 Å². The van der Waals surface area contributed by atoms with Crippen LogP contribution in [-0.2, 0) is 0 Å². The van der Waals surface area contributed by atoms with Gasteiger partial charge in [0.2, 0.25) is 0 Å². The van der Waals surface area contributed by atoms with E-state index in [1.54, 1.807) is 6.07 Å². The Labute approximate surface area is 107 Å². The molecule has 17 heavy (non-hydrogen) atoms. The van der Waals surface area contributed by atoms with Gasteiger partial charge >= 0.3 is 0 Å². The molecule has 0 saturated carbocycles. The second kappa shape index (κ2) is 5.19. The summed E-state index contributed by atoms with van der Waals surface area (Å²) in [6.45, 7) is 5.75. The number of anilines is 1. The first-order valence-electron chi connectivity index (χ1n) is 6.03. The lowest BCUT2D eigenvalue weighted by molar-refractivity contribution is 0.145. The standard InChI is InChI=1S/C12H18ClN3O/c1-8(2)12-14-10(13)7-11(15-12)16-5-3-9(17)4-6-16/h7-9,17H,3-6H2,1-2H3. The highest BCUT2D eigenvalue weighted by Crippen LogP contribution is 2.22. The van der Waals surface area contributed by atoms with Crippen molar-refractivity contribution < 1.29 is 5.11 Å². The van der Waals surface area contributed by atoms with Crippen LogP contribution in [0, 0.1) is 0 Å². The molecule has 2 rings (SSSR count). The van der Waals surface area contributed by atoms with Crippen molar-refractivity contribution in [1.82, 2.24) is 9.97 Å². The molecule has 4 nitrogen and oxygen atoms in total. The van der Waals surface area contributed by atoms with E-state index in [0.717, 1.165) is 37.6 Å². The lowest BCUT2D eigenvalue weighted by atomic mass is 10.1. The first kappa shape index (κ1) is 12.6. The molecule has 2 heterocycles. The van der Waals surface area contributed by atoms with E-state index >= 15 is 0 Å². The number of hydrogen-bond donors (Lipinski definition) is 1. The summed E-state index contributed by atoms with van der Waals surface area (Å²) in [5.74, 6) is 1.92. The van der Waals surface area contributed by atoms with Crippen LogP contribution in [0.25, 0.3) is 0 Å². The van der Waals surface area contributed by atoms with Crippen molar-refractivity contribution >= 4 is 17.4 Å². The molecule has 1 aliphatic rings. The van der Waals surface area contributed by atoms with Crippen LogP contribution in [0.1, 0.15) is 38.4 Å². The lowest BCUT2D eigenvalue weighted by Gasteiger charge is -2.30. The third-order valence-corrected chi connectivity index (χ3v) is 3.20. The predicted molar refractivity (Wildman–Crippen MR) is 68.6 cm³/mol. The number of aliphatic hydroxyl groups is 1. The van der Waals surface area contributed by atoms with E-state index in [0.29, 0.717) is 5.15 Å². The monoisotopic (exact) mass is 255 g/mol. The third kappa shape index (κ3) is 3.07. The maximum Gasteiger partial charge on any atom is 0.135 e. The molecule has 0 bridgehead atoms. The average molecular weight is 256 g/mol. The molecule has 1 N–H and O–H groups in total. The van der Waals surface area contributed by atoms with Gasteiger partial charge in [0.15, 0.2) is 0 Å². The quantitative estimate of drug-likeness (QED) is 0.824. The Kier molecular flexibility index (Phi) is 3.84. The second-order valence-electron chi connectivity index (χ2n) is 4.78. The minimum atomic E-state index is -0.173. The van der Waals surface area contributed by atoms with Gasteiger partial charge < -0.3 is 10.0 Å². The van der Waals surface area contributed by atoms with Gasteiger partial charge in [-0.25, -0.2) is 9.97 Å². The average Bonchev–Trinajstić information content (AvgIpc) is 2.29. The van der Waals surface area contributed by atoms with E-state index in [1.807, 2.05) is 0 Å². The van der Waals surface area contributed by atoms with Crippen molar-refractivity contribution in [3.8, 4) is 0 Å². The Bertz CT molecular complexity index is 389. The molecule has 1 fully saturated rings. The van der Waals surface area contributed by atoms with Crippen molar-refractivity contribution in [2.45, 2.75) is 38.7 Å². The molecular formula is C12H18ClN3O. The SMILES string of the molecule is CC(C)c1nc(Cl)cc(N2CCC(O)CC2)n1. The van der Waals surface area contributed by atoms with Crippen molar-refractivity contribution in [1.29, 1.82) is 0 Å². The maximum atomic E-state index is 9.49. The highest BCUT2D eigenvalue weighted by molar-refractivity contribution is 6.29. The van der Waals surface area contributed by atoms with Crippen LogP contribution >= 0.6 is 11.6 Å². The van der Waals surface area contributed by atoms with Crippen LogP contribution in [0.3, 0.4) is 0 Å². The molecule has 1 aliphatic heterocycles.